The van der Waals surface area contributed by atoms with Crippen molar-refractivity contribution in [1.29, 1.82) is 0 Å². The summed E-state index contributed by atoms with van der Waals surface area (Å²) in [5.41, 5.74) is 3.88. The molecule has 0 spiro atoms. The predicted octanol–water partition coefficient (Wildman–Crippen LogP) is 8.21. The Morgan fingerprint density at radius 1 is 0.711 bits per heavy atom. The molecule has 4 aromatic rings. The minimum absolute atomic E-state index is 0.319. The van der Waals surface area contributed by atoms with Crippen LogP contribution in [0.15, 0.2) is 115 Å². The van der Waals surface area contributed by atoms with E-state index in [-0.39, 0.29) is 5.97 Å². The molecule has 0 amide bonds. The molecular weight excluding hydrogens is 472 g/mol. The number of esters is 2. The summed E-state index contributed by atoms with van der Waals surface area (Å²) in [6.07, 6.45) is 5.15. The molecule has 2 atom stereocenters. The van der Waals surface area contributed by atoms with Crippen molar-refractivity contribution in [3.63, 3.8) is 0 Å². The van der Waals surface area contributed by atoms with Gasteiger partial charge in [0.05, 0.1) is 5.56 Å². The Hall–Kier alpha value is -4.44. The average Bonchev–Trinajstić information content (AvgIpc) is 2.96. The highest BCUT2D eigenvalue weighted by Gasteiger charge is 2.16. The maximum Gasteiger partial charge on any atom is 0.343 e. The van der Waals surface area contributed by atoms with Gasteiger partial charge in [-0.25, -0.2) is 9.59 Å². The van der Waals surface area contributed by atoms with E-state index in [1.54, 1.807) is 18.2 Å². The van der Waals surface area contributed by atoms with E-state index in [0.717, 1.165) is 18.4 Å². The van der Waals surface area contributed by atoms with Crippen molar-refractivity contribution in [2.75, 3.05) is 0 Å². The standard InChI is InChI=1S/C34H32O4/c1-3-27(29-17-21-31(22-18-29)37-33(35)23-14-26-10-6-4-7-11-26)24-25(2)28-15-19-32(20-16-28)38-34(36)30-12-8-5-9-13-30/h4-23,25,27H,3,24H2,1-2H3/b23-14+. The van der Waals surface area contributed by atoms with E-state index >= 15 is 0 Å². The molecule has 0 heterocycles. The van der Waals surface area contributed by atoms with Gasteiger partial charge in [0, 0.05) is 6.08 Å². The number of ether oxygens (including phenoxy) is 2. The Morgan fingerprint density at radius 3 is 1.87 bits per heavy atom. The van der Waals surface area contributed by atoms with E-state index in [1.807, 2.05) is 97.1 Å². The van der Waals surface area contributed by atoms with Gasteiger partial charge in [0.25, 0.3) is 0 Å². The van der Waals surface area contributed by atoms with Gasteiger partial charge in [-0.05, 0) is 83.8 Å². The molecule has 0 saturated carbocycles. The molecule has 2 unspecified atom stereocenters. The van der Waals surface area contributed by atoms with Crippen LogP contribution in [-0.4, -0.2) is 11.9 Å². The molecule has 4 aromatic carbocycles. The molecule has 0 aliphatic carbocycles. The van der Waals surface area contributed by atoms with E-state index in [2.05, 4.69) is 13.8 Å². The van der Waals surface area contributed by atoms with Crippen LogP contribution in [0, 0.1) is 0 Å². The minimum atomic E-state index is -0.403. The molecular formula is C34H32O4. The lowest BCUT2D eigenvalue weighted by Crippen LogP contribution is -2.08. The molecule has 4 nitrogen and oxygen atoms in total. The fraction of sp³-hybridized carbons (Fsp3) is 0.176. The Morgan fingerprint density at radius 2 is 1.26 bits per heavy atom. The van der Waals surface area contributed by atoms with Crippen molar-refractivity contribution >= 4 is 18.0 Å². The zero-order chi connectivity index (χ0) is 26.7. The van der Waals surface area contributed by atoms with E-state index in [4.69, 9.17) is 9.47 Å². The molecule has 0 aliphatic heterocycles. The highest BCUT2D eigenvalue weighted by Crippen LogP contribution is 2.33. The Kier molecular flexibility index (Phi) is 9.25. The molecule has 4 rings (SSSR count). The molecule has 0 saturated heterocycles. The van der Waals surface area contributed by atoms with Crippen molar-refractivity contribution in [2.24, 2.45) is 0 Å². The third-order valence-electron chi connectivity index (χ3n) is 6.58. The third kappa shape index (κ3) is 7.53. The van der Waals surface area contributed by atoms with Gasteiger partial charge < -0.3 is 9.47 Å². The highest BCUT2D eigenvalue weighted by atomic mass is 16.5. The van der Waals surface area contributed by atoms with Crippen LogP contribution < -0.4 is 9.47 Å². The fourth-order valence-corrected chi connectivity index (χ4v) is 4.39. The normalized spacial score (nSPS) is 12.6. The maximum atomic E-state index is 12.3. The van der Waals surface area contributed by atoms with Crippen LogP contribution in [0.4, 0.5) is 0 Å². The Balaban J connectivity index is 1.32. The number of carbonyl (C=O) groups excluding carboxylic acids is 2. The van der Waals surface area contributed by atoms with Crippen LogP contribution in [0.1, 0.15) is 65.6 Å². The summed E-state index contributed by atoms with van der Waals surface area (Å²) in [7, 11) is 0. The molecule has 0 aliphatic rings. The van der Waals surface area contributed by atoms with Gasteiger partial charge in [-0.15, -0.1) is 0 Å². The van der Waals surface area contributed by atoms with Gasteiger partial charge >= 0.3 is 11.9 Å². The van der Waals surface area contributed by atoms with Crippen molar-refractivity contribution in [1.82, 2.24) is 0 Å². The second-order valence-corrected chi connectivity index (χ2v) is 9.30. The number of rotatable bonds is 10. The Labute approximate surface area is 224 Å². The third-order valence-corrected chi connectivity index (χ3v) is 6.58. The predicted molar refractivity (Wildman–Crippen MR) is 151 cm³/mol. The molecule has 0 radical (unpaired) electrons. The van der Waals surface area contributed by atoms with Gasteiger partial charge in [-0.2, -0.15) is 0 Å². The van der Waals surface area contributed by atoms with Crippen molar-refractivity contribution in [3.05, 3.63) is 138 Å². The molecule has 38 heavy (non-hydrogen) atoms. The van der Waals surface area contributed by atoms with Gasteiger partial charge in [0.15, 0.2) is 0 Å². The van der Waals surface area contributed by atoms with Crippen molar-refractivity contribution in [3.8, 4) is 11.5 Å². The number of carbonyl (C=O) groups is 2. The van der Waals surface area contributed by atoms with Crippen LogP contribution in [0.2, 0.25) is 0 Å². The van der Waals surface area contributed by atoms with Gasteiger partial charge in [0.2, 0.25) is 0 Å². The summed E-state index contributed by atoms with van der Waals surface area (Å²) < 4.78 is 11.0. The summed E-state index contributed by atoms with van der Waals surface area (Å²) in [6.45, 7) is 4.40. The lowest BCUT2D eigenvalue weighted by atomic mass is 9.84. The largest absolute Gasteiger partial charge is 0.423 e. The first-order chi connectivity index (χ1) is 18.5. The topological polar surface area (TPSA) is 52.6 Å². The zero-order valence-corrected chi connectivity index (χ0v) is 21.7. The smallest absolute Gasteiger partial charge is 0.343 e. The Bertz CT molecular complexity index is 1340. The summed E-state index contributed by atoms with van der Waals surface area (Å²) in [5.74, 6) is 0.979. The first-order valence-electron chi connectivity index (χ1n) is 12.9. The molecule has 0 aromatic heterocycles. The van der Waals surface area contributed by atoms with E-state index in [9.17, 15) is 9.59 Å². The van der Waals surface area contributed by atoms with E-state index in [1.165, 1.54) is 17.2 Å². The second-order valence-electron chi connectivity index (χ2n) is 9.30. The summed E-state index contributed by atoms with van der Waals surface area (Å²) in [6, 6.07) is 34.2. The maximum absolute atomic E-state index is 12.3. The number of hydrogen-bond donors (Lipinski definition) is 0. The lowest BCUT2D eigenvalue weighted by Gasteiger charge is -2.21. The summed E-state index contributed by atoms with van der Waals surface area (Å²) >= 11 is 0. The monoisotopic (exact) mass is 504 g/mol. The molecule has 0 N–H and O–H groups in total. The van der Waals surface area contributed by atoms with E-state index in [0.29, 0.717) is 28.9 Å². The van der Waals surface area contributed by atoms with Crippen LogP contribution in [0.25, 0.3) is 6.08 Å². The SMILES string of the molecule is CCC(CC(C)c1ccc(OC(=O)c2ccccc2)cc1)c1ccc(OC(=O)/C=C/c2ccccc2)cc1. The quantitative estimate of drug-likeness (QED) is 0.124. The molecule has 0 bridgehead atoms. The minimum Gasteiger partial charge on any atom is -0.423 e. The molecule has 4 heteroatoms. The first kappa shape index (κ1) is 26.6. The number of benzene rings is 4. The van der Waals surface area contributed by atoms with Crippen LogP contribution in [-0.2, 0) is 4.79 Å². The van der Waals surface area contributed by atoms with Crippen molar-refractivity contribution in [2.45, 2.75) is 38.5 Å². The first-order valence-corrected chi connectivity index (χ1v) is 12.9. The summed E-state index contributed by atoms with van der Waals surface area (Å²) in [4.78, 5) is 24.5. The summed E-state index contributed by atoms with van der Waals surface area (Å²) in [5, 5.41) is 0. The highest BCUT2D eigenvalue weighted by molar-refractivity contribution is 5.91. The number of hydrogen-bond acceptors (Lipinski definition) is 4. The van der Waals surface area contributed by atoms with E-state index < -0.39 is 5.97 Å². The fourth-order valence-electron chi connectivity index (χ4n) is 4.39. The van der Waals surface area contributed by atoms with Crippen molar-refractivity contribution < 1.29 is 19.1 Å². The van der Waals surface area contributed by atoms with Crippen LogP contribution in [0.5, 0.6) is 11.5 Å². The molecule has 0 fully saturated rings. The van der Waals surface area contributed by atoms with Crippen LogP contribution >= 0.6 is 0 Å². The van der Waals surface area contributed by atoms with Gasteiger partial charge in [-0.3, -0.25) is 0 Å². The van der Waals surface area contributed by atoms with Gasteiger partial charge in [0.1, 0.15) is 11.5 Å². The second kappa shape index (κ2) is 13.2. The lowest BCUT2D eigenvalue weighted by molar-refractivity contribution is -0.128. The van der Waals surface area contributed by atoms with Crippen LogP contribution in [0.3, 0.4) is 0 Å². The molecule has 192 valence electrons. The van der Waals surface area contributed by atoms with Gasteiger partial charge in [-0.1, -0.05) is 86.6 Å². The average molecular weight is 505 g/mol. The zero-order valence-electron chi connectivity index (χ0n) is 21.7.